The summed E-state index contributed by atoms with van der Waals surface area (Å²) in [6, 6.07) is 3.78. The Morgan fingerprint density at radius 3 is 2.67 bits per heavy atom. The van der Waals surface area contributed by atoms with Crippen LogP contribution in [0, 0.1) is 5.92 Å². The Bertz CT molecular complexity index is 487. The van der Waals surface area contributed by atoms with Crippen LogP contribution in [0.4, 0.5) is 0 Å². The predicted molar refractivity (Wildman–Crippen MR) is 79.2 cm³/mol. The number of ether oxygens (including phenoxy) is 1. The number of carbonyl (C=O) groups excluding carboxylic acids is 1. The standard InChI is InChI=1S/C16H24N2O3/c1-12(14-5-6-15(21-14)16(19)20-2)18-9-7-17(8-10-18)11-13-3-4-13/h5-6,12-13H,3-4,7-11H2,1-2H3. The van der Waals surface area contributed by atoms with Gasteiger partial charge in [-0.3, -0.25) is 4.90 Å². The number of hydrogen-bond acceptors (Lipinski definition) is 5. The maximum atomic E-state index is 11.4. The van der Waals surface area contributed by atoms with Crippen LogP contribution in [0.5, 0.6) is 0 Å². The van der Waals surface area contributed by atoms with E-state index in [0.717, 1.165) is 37.9 Å². The molecule has 5 heteroatoms. The summed E-state index contributed by atoms with van der Waals surface area (Å²) in [6.07, 6.45) is 2.83. The first-order valence-electron chi connectivity index (χ1n) is 7.82. The lowest BCUT2D eigenvalue weighted by molar-refractivity contribution is 0.0552. The molecule has 0 spiro atoms. The van der Waals surface area contributed by atoms with E-state index in [1.165, 1.54) is 26.5 Å². The average Bonchev–Trinajstić information content (AvgIpc) is 3.19. The molecule has 5 nitrogen and oxygen atoms in total. The van der Waals surface area contributed by atoms with Crippen LogP contribution in [0.15, 0.2) is 16.5 Å². The molecule has 116 valence electrons. The second-order valence-electron chi connectivity index (χ2n) is 6.15. The van der Waals surface area contributed by atoms with Crippen molar-refractivity contribution >= 4 is 5.97 Å². The molecular weight excluding hydrogens is 268 g/mol. The third-order valence-electron chi connectivity index (χ3n) is 4.59. The zero-order chi connectivity index (χ0) is 14.8. The van der Waals surface area contributed by atoms with Crippen molar-refractivity contribution in [3.05, 3.63) is 23.7 Å². The third-order valence-corrected chi connectivity index (χ3v) is 4.59. The molecule has 1 aromatic rings. The van der Waals surface area contributed by atoms with E-state index >= 15 is 0 Å². The van der Waals surface area contributed by atoms with Crippen molar-refractivity contribution in [3.63, 3.8) is 0 Å². The summed E-state index contributed by atoms with van der Waals surface area (Å²) in [6.45, 7) is 7.78. The first-order chi connectivity index (χ1) is 10.2. The Morgan fingerprint density at radius 2 is 2.05 bits per heavy atom. The van der Waals surface area contributed by atoms with Crippen LogP contribution in [0.2, 0.25) is 0 Å². The smallest absolute Gasteiger partial charge is 0.373 e. The van der Waals surface area contributed by atoms with Crippen molar-refractivity contribution in [2.75, 3.05) is 39.8 Å². The second kappa shape index (κ2) is 6.20. The lowest BCUT2D eigenvalue weighted by Gasteiger charge is -2.37. The number of esters is 1. The Morgan fingerprint density at radius 1 is 1.33 bits per heavy atom. The Labute approximate surface area is 125 Å². The number of piperazine rings is 1. The number of furan rings is 1. The minimum absolute atomic E-state index is 0.200. The molecule has 0 amide bonds. The average molecular weight is 292 g/mol. The molecule has 1 atom stereocenters. The van der Waals surface area contributed by atoms with Gasteiger partial charge < -0.3 is 14.1 Å². The van der Waals surface area contributed by atoms with E-state index in [1.807, 2.05) is 6.07 Å². The monoisotopic (exact) mass is 292 g/mol. The summed E-state index contributed by atoms with van der Waals surface area (Å²) in [5.74, 6) is 1.67. The van der Waals surface area contributed by atoms with Crippen LogP contribution in [-0.2, 0) is 4.74 Å². The maximum Gasteiger partial charge on any atom is 0.373 e. The molecule has 3 rings (SSSR count). The summed E-state index contributed by atoms with van der Waals surface area (Å²) in [4.78, 5) is 16.4. The molecule has 1 aliphatic carbocycles. The van der Waals surface area contributed by atoms with Gasteiger partial charge in [-0.15, -0.1) is 0 Å². The van der Waals surface area contributed by atoms with E-state index in [0.29, 0.717) is 0 Å². The van der Waals surface area contributed by atoms with Gasteiger partial charge in [0.15, 0.2) is 0 Å². The van der Waals surface area contributed by atoms with Crippen molar-refractivity contribution in [1.29, 1.82) is 0 Å². The number of rotatable bonds is 5. The van der Waals surface area contributed by atoms with E-state index in [-0.39, 0.29) is 11.8 Å². The molecule has 1 aliphatic heterocycles. The molecule has 0 N–H and O–H groups in total. The SMILES string of the molecule is COC(=O)c1ccc(C(C)N2CCN(CC3CC3)CC2)o1. The van der Waals surface area contributed by atoms with Crippen LogP contribution in [-0.4, -0.2) is 55.6 Å². The molecule has 0 radical (unpaired) electrons. The highest BCUT2D eigenvalue weighted by Gasteiger charge is 2.28. The van der Waals surface area contributed by atoms with E-state index < -0.39 is 5.97 Å². The number of nitrogens with zero attached hydrogens (tertiary/aromatic N) is 2. The van der Waals surface area contributed by atoms with Gasteiger partial charge in [0.05, 0.1) is 13.2 Å². The first kappa shape index (κ1) is 14.6. The lowest BCUT2D eigenvalue weighted by atomic mass is 10.2. The lowest BCUT2D eigenvalue weighted by Crippen LogP contribution is -2.47. The zero-order valence-corrected chi connectivity index (χ0v) is 12.9. The molecule has 2 aliphatic rings. The van der Waals surface area contributed by atoms with E-state index in [2.05, 4.69) is 21.5 Å². The van der Waals surface area contributed by atoms with Gasteiger partial charge in [-0.1, -0.05) is 0 Å². The molecule has 0 aromatic carbocycles. The largest absolute Gasteiger partial charge is 0.463 e. The summed E-state index contributed by atoms with van der Waals surface area (Å²) < 4.78 is 10.3. The Hall–Kier alpha value is -1.33. The topological polar surface area (TPSA) is 45.9 Å². The van der Waals surface area contributed by atoms with Crippen LogP contribution in [0.1, 0.15) is 42.1 Å². The van der Waals surface area contributed by atoms with Gasteiger partial charge >= 0.3 is 5.97 Å². The summed E-state index contributed by atoms with van der Waals surface area (Å²) in [5, 5.41) is 0. The van der Waals surface area contributed by atoms with Gasteiger partial charge in [0, 0.05) is 32.7 Å². The van der Waals surface area contributed by atoms with Gasteiger partial charge in [-0.2, -0.15) is 0 Å². The first-order valence-corrected chi connectivity index (χ1v) is 7.82. The summed E-state index contributed by atoms with van der Waals surface area (Å²) in [5.41, 5.74) is 0. The highest BCUT2D eigenvalue weighted by atomic mass is 16.5. The molecule has 2 heterocycles. The van der Waals surface area contributed by atoms with Crippen molar-refractivity contribution in [1.82, 2.24) is 9.80 Å². The normalized spacial score (nSPS) is 22.2. The van der Waals surface area contributed by atoms with Gasteiger partial charge in [-0.25, -0.2) is 4.79 Å². The van der Waals surface area contributed by atoms with Crippen LogP contribution in [0.3, 0.4) is 0 Å². The van der Waals surface area contributed by atoms with E-state index in [4.69, 9.17) is 4.42 Å². The van der Waals surface area contributed by atoms with Crippen LogP contribution in [0.25, 0.3) is 0 Å². The summed E-state index contributed by atoms with van der Waals surface area (Å²) in [7, 11) is 1.37. The molecule has 21 heavy (non-hydrogen) atoms. The van der Waals surface area contributed by atoms with Crippen LogP contribution < -0.4 is 0 Å². The molecule has 1 saturated heterocycles. The molecule has 1 aromatic heterocycles. The number of carbonyl (C=O) groups is 1. The number of hydrogen-bond donors (Lipinski definition) is 0. The van der Waals surface area contributed by atoms with Crippen molar-refractivity contribution in [3.8, 4) is 0 Å². The quantitative estimate of drug-likeness (QED) is 0.778. The maximum absolute atomic E-state index is 11.4. The van der Waals surface area contributed by atoms with Crippen molar-refractivity contribution in [2.24, 2.45) is 5.92 Å². The highest BCUT2D eigenvalue weighted by molar-refractivity contribution is 5.86. The van der Waals surface area contributed by atoms with Crippen LogP contribution >= 0.6 is 0 Å². The van der Waals surface area contributed by atoms with Gasteiger partial charge in [0.25, 0.3) is 0 Å². The third kappa shape index (κ3) is 3.47. The van der Waals surface area contributed by atoms with Crippen molar-refractivity contribution in [2.45, 2.75) is 25.8 Å². The zero-order valence-electron chi connectivity index (χ0n) is 12.9. The molecule has 0 bridgehead atoms. The van der Waals surface area contributed by atoms with Gasteiger partial charge in [0.2, 0.25) is 5.76 Å². The fourth-order valence-electron chi connectivity index (χ4n) is 2.97. The highest BCUT2D eigenvalue weighted by Crippen LogP contribution is 2.30. The fraction of sp³-hybridized carbons (Fsp3) is 0.688. The summed E-state index contributed by atoms with van der Waals surface area (Å²) >= 11 is 0. The van der Waals surface area contributed by atoms with E-state index in [1.54, 1.807) is 6.07 Å². The Kier molecular flexibility index (Phi) is 4.31. The number of methoxy groups -OCH3 is 1. The predicted octanol–water partition coefficient (Wildman–Crippen LogP) is 2.15. The molecule has 2 fully saturated rings. The molecule has 1 saturated carbocycles. The fourth-order valence-corrected chi connectivity index (χ4v) is 2.97. The molecule has 1 unspecified atom stereocenters. The van der Waals surface area contributed by atoms with Crippen molar-refractivity contribution < 1.29 is 13.9 Å². The minimum Gasteiger partial charge on any atom is -0.463 e. The second-order valence-corrected chi connectivity index (χ2v) is 6.15. The van der Waals surface area contributed by atoms with Gasteiger partial charge in [-0.05, 0) is 37.8 Å². The van der Waals surface area contributed by atoms with E-state index in [9.17, 15) is 4.79 Å². The Balaban J connectivity index is 1.54. The molecular formula is C16H24N2O3. The van der Waals surface area contributed by atoms with Gasteiger partial charge in [0.1, 0.15) is 5.76 Å². The minimum atomic E-state index is -0.414.